The first-order valence-electron chi connectivity index (χ1n) is 5.19. The van der Waals surface area contributed by atoms with Crippen molar-refractivity contribution in [1.29, 1.82) is 0 Å². The highest BCUT2D eigenvalue weighted by Crippen LogP contribution is 2.11. The van der Waals surface area contributed by atoms with Crippen LogP contribution in [0.25, 0.3) is 0 Å². The molecule has 1 aromatic rings. The number of anilines is 1. The van der Waals surface area contributed by atoms with Gasteiger partial charge in [-0.05, 0) is 38.7 Å². The molecule has 0 saturated carbocycles. The zero-order valence-electron chi connectivity index (χ0n) is 10.1. The fraction of sp³-hybridized carbons (Fsp3) is 0.308. The van der Waals surface area contributed by atoms with Gasteiger partial charge in [0.25, 0.3) is 5.91 Å². The topological polar surface area (TPSA) is 32.3 Å². The maximum absolute atomic E-state index is 11.4. The monoisotopic (exact) mass is 218 g/mol. The Bertz CT molecular complexity index is 379. The van der Waals surface area contributed by atoms with Crippen molar-refractivity contribution < 1.29 is 4.79 Å². The molecule has 0 saturated heterocycles. The van der Waals surface area contributed by atoms with Crippen molar-refractivity contribution in [3.8, 4) is 0 Å². The molecule has 0 fully saturated rings. The van der Waals surface area contributed by atoms with E-state index in [0.717, 1.165) is 12.2 Å². The van der Waals surface area contributed by atoms with Crippen LogP contribution in [-0.2, 0) is 11.3 Å². The lowest BCUT2D eigenvalue weighted by Crippen LogP contribution is -2.12. The number of hydrogen-bond donors (Lipinski definition) is 1. The summed E-state index contributed by atoms with van der Waals surface area (Å²) in [6.45, 7) is 6.18. The van der Waals surface area contributed by atoms with Crippen molar-refractivity contribution in [2.45, 2.75) is 13.5 Å². The van der Waals surface area contributed by atoms with E-state index in [2.05, 4.69) is 16.8 Å². The van der Waals surface area contributed by atoms with Crippen molar-refractivity contribution in [3.05, 3.63) is 42.0 Å². The van der Waals surface area contributed by atoms with E-state index < -0.39 is 0 Å². The van der Waals surface area contributed by atoms with E-state index in [0.29, 0.717) is 5.57 Å². The summed E-state index contributed by atoms with van der Waals surface area (Å²) < 4.78 is 0. The van der Waals surface area contributed by atoms with Gasteiger partial charge in [0.1, 0.15) is 0 Å². The van der Waals surface area contributed by atoms with E-state index in [1.165, 1.54) is 5.56 Å². The summed E-state index contributed by atoms with van der Waals surface area (Å²) in [7, 11) is 4.05. The van der Waals surface area contributed by atoms with Crippen LogP contribution in [0.1, 0.15) is 12.5 Å². The number of benzene rings is 1. The second kappa shape index (κ2) is 5.47. The molecular formula is C13H18N2O. The predicted molar refractivity (Wildman–Crippen MR) is 67.3 cm³/mol. The average Bonchev–Trinajstić information content (AvgIpc) is 2.20. The van der Waals surface area contributed by atoms with Crippen molar-refractivity contribution in [2.24, 2.45) is 0 Å². The lowest BCUT2D eigenvalue weighted by molar-refractivity contribution is -0.112. The Balaban J connectivity index is 2.64. The minimum Gasteiger partial charge on any atom is -0.322 e. The number of rotatable bonds is 4. The van der Waals surface area contributed by atoms with Gasteiger partial charge in [-0.2, -0.15) is 0 Å². The number of carbonyl (C=O) groups is 1. The van der Waals surface area contributed by atoms with Crippen molar-refractivity contribution in [2.75, 3.05) is 19.4 Å². The van der Waals surface area contributed by atoms with Gasteiger partial charge < -0.3 is 10.2 Å². The number of carbonyl (C=O) groups excluding carboxylic acids is 1. The highest BCUT2D eigenvalue weighted by molar-refractivity contribution is 6.02. The lowest BCUT2D eigenvalue weighted by Gasteiger charge is -2.10. The third kappa shape index (κ3) is 3.87. The Morgan fingerprint density at radius 1 is 1.31 bits per heavy atom. The zero-order valence-corrected chi connectivity index (χ0v) is 10.1. The second-order valence-electron chi connectivity index (χ2n) is 4.17. The van der Waals surface area contributed by atoms with Gasteiger partial charge >= 0.3 is 0 Å². The number of hydrogen-bond acceptors (Lipinski definition) is 2. The highest BCUT2D eigenvalue weighted by atomic mass is 16.1. The van der Waals surface area contributed by atoms with Crippen LogP contribution in [-0.4, -0.2) is 24.9 Å². The minimum absolute atomic E-state index is 0.139. The molecule has 1 amide bonds. The summed E-state index contributed by atoms with van der Waals surface area (Å²) in [5.41, 5.74) is 2.53. The molecule has 1 aromatic carbocycles. The zero-order chi connectivity index (χ0) is 12.1. The first kappa shape index (κ1) is 12.5. The smallest absolute Gasteiger partial charge is 0.250 e. The summed E-state index contributed by atoms with van der Waals surface area (Å²) in [6.07, 6.45) is 0. The standard InChI is InChI=1S/C13H18N2O/c1-10(2)13(16)14-12-7-5-11(6-8-12)9-15(3)4/h5-8H,1,9H2,2-4H3,(H,14,16). The van der Waals surface area contributed by atoms with E-state index >= 15 is 0 Å². The van der Waals surface area contributed by atoms with Gasteiger partial charge in [0.05, 0.1) is 0 Å². The quantitative estimate of drug-likeness (QED) is 0.786. The molecule has 3 nitrogen and oxygen atoms in total. The minimum atomic E-state index is -0.139. The van der Waals surface area contributed by atoms with E-state index in [-0.39, 0.29) is 5.91 Å². The Morgan fingerprint density at radius 2 is 1.88 bits per heavy atom. The first-order valence-corrected chi connectivity index (χ1v) is 5.19. The molecule has 0 spiro atoms. The summed E-state index contributed by atoms with van der Waals surface area (Å²) in [4.78, 5) is 13.5. The first-order chi connectivity index (χ1) is 7.49. The molecule has 0 heterocycles. The Morgan fingerprint density at radius 3 is 2.31 bits per heavy atom. The third-order valence-electron chi connectivity index (χ3n) is 2.10. The van der Waals surface area contributed by atoms with Crippen LogP contribution in [0.5, 0.6) is 0 Å². The molecule has 0 atom stereocenters. The van der Waals surface area contributed by atoms with Crippen LogP contribution in [0, 0.1) is 0 Å². The Hall–Kier alpha value is -1.61. The fourth-order valence-corrected chi connectivity index (χ4v) is 1.30. The van der Waals surface area contributed by atoms with E-state index in [9.17, 15) is 4.79 Å². The predicted octanol–water partition coefficient (Wildman–Crippen LogP) is 2.26. The van der Waals surface area contributed by atoms with Crippen molar-refractivity contribution >= 4 is 11.6 Å². The maximum Gasteiger partial charge on any atom is 0.250 e. The van der Waals surface area contributed by atoms with Gasteiger partial charge in [-0.3, -0.25) is 4.79 Å². The molecule has 86 valence electrons. The van der Waals surface area contributed by atoms with E-state index in [1.807, 2.05) is 38.4 Å². The molecular weight excluding hydrogens is 200 g/mol. The summed E-state index contributed by atoms with van der Waals surface area (Å²) >= 11 is 0. The Labute approximate surface area is 96.8 Å². The van der Waals surface area contributed by atoms with Crippen LogP contribution >= 0.6 is 0 Å². The molecule has 3 heteroatoms. The summed E-state index contributed by atoms with van der Waals surface area (Å²) in [5.74, 6) is -0.139. The highest BCUT2D eigenvalue weighted by Gasteiger charge is 2.02. The Kier molecular flexibility index (Phi) is 4.26. The third-order valence-corrected chi connectivity index (χ3v) is 2.10. The molecule has 1 N–H and O–H groups in total. The molecule has 16 heavy (non-hydrogen) atoms. The maximum atomic E-state index is 11.4. The van der Waals surface area contributed by atoms with Gasteiger partial charge in [-0.25, -0.2) is 0 Å². The van der Waals surface area contributed by atoms with Crippen LogP contribution < -0.4 is 5.32 Å². The van der Waals surface area contributed by atoms with E-state index in [4.69, 9.17) is 0 Å². The SMILES string of the molecule is C=C(C)C(=O)Nc1ccc(CN(C)C)cc1. The van der Waals surface area contributed by atoms with Gasteiger partial charge in [0.2, 0.25) is 0 Å². The largest absolute Gasteiger partial charge is 0.322 e. The van der Waals surface area contributed by atoms with Crippen molar-refractivity contribution in [3.63, 3.8) is 0 Å². The molecule has 0 aliphatic rings. The summed E-state index contributed by atoms with van der Waals surface area (Å²) in [5, 5.41) is 2.77. The number of nitrogens with one attached hydrogen (secondary N) is 1. The fourth-order valence-electron chi connectivity index (χ4n) is 1.30. The van der Waals surface area contributed by atoms with Crippen LogP contribution in [0.4, 0.5) is 5.69 Å². The molecule has 0 bridgehead atoms. The molecule has 0 aliphatic carbocycles. The van der Waals surface area contributed by atoms with Crippen LogP contribution in [0.2, 0.25) is 0 Å². The molecule has 1 rings (SSSR count). The summed E-state index contributed by atoms with van der Waals surface area (Å²) in [6, 6.07) is 7.82. The van der Waals surface area contributed by atoms with Gasteiger partial charge in [-0.1, -0.05) is 18.7 Å². The molecule has 0 aliphatic heterocycles. The van der Waals surface area contributed by atoms with Gasteiger partial charge in [-0.15, -0.1) is 0 Å². The van der Waals surface area contributed by atoms with Crippen LogP contribution in [0.15, 0.2) is 36.4 Å². The number of amides is 1. The average molecular weight is 218 g/mol. The second-order valence-corrected chi connectivity index (χ2v) is 4.17. The van der Waals surface area contributed by atoms with Gasteiger partial charge in [0.15, 0.2) is 0 Å². The molecule has 0 unspecified atom stereocenters. The number of nitrogens with zero attached hydrogens (tertiary/aromatic N) is 1. The van der Waals surface area contributed by atoms with Crippen LogP contribution in [0.3, 0.4) is 0 Å². The van der Waals surface area contributed by atoms with Gasteiger partial charge in [0, 0.05) is 17.8 Å². The van der Waals surface area contributed by atoms with Crippen molar-refractivity contribution in [1.82, 2.24) is 4.90 Å². The molecule has 0 aromatic heterocycles. The molecule has 0 radical (unpaired) electrons. The normalized spacial score (nSPS) is 10.2. The van der Waals surface area contributed by atoms with E-state index in [1.54, 1.807) is 6.92 Å². The lowest BCUT2D eigenvalue weighted by atomic mass is 10.2.